The molecular weight excluding hydrogens is 399 g/mol. The maximum atomic E-state index is 4.59. The average Bonchev–Trinajstić information content (AvgIpc) is 2.89. The van der Waals surface area contributed by atoms with Gasteiger partial charge in [0.1, 0.15) is 0 Å². The Morgan fingerprint density at radius 3 is 2.74 bits per heavy atom. The molecule has 1 heterocycles. The summed E-state index contributed by atoms with van der Waals surface area (Å²) in [5.41, 5.74) is 3.90. The predicted octanol–water partition coefficient (Wildman–Crippen LogP) is 3.85. The van der Waals surface area contributed by atoms with Crippen molar-refractivity contribution < 1.29 is 0 Å². The Morgan fingerprint density at radius 1 is 1.26 bits per heavy atom. The predicted molar refractivity (Wildman–Crippen MR) is 111 cm³/mol. The molecule has 1 aromatic carbocycles. The van der Waals surface area contributed by atoms with E-state index in [2.05, 4.69) is 72.7 Å². The van der Waals surface area contributed by atoms with E-state index in [1.807, 2.05) is 0 Å². The highest BCUT2D eigenvalue weighted by molar-refractivity contribution is 14.0. The Morgan fingerprint density at radius 2 is 2.04 bits per heavy atom. The summed E-state index contributed by atoms with van der Waals surface area (Å²) in [6.45, 7) is 11.2. The van der Waals surface area contributed by atoms with Crippen molar-refractivity contribution in [3.63, 3.8) is 0 Å². The van der Waals surface area contributed by atoms with Crippen LogP contribution in [0.2, 0.25) is 0 Å². The SMILES string of the molecule is CCNC(=NCC(C)C)NCCc1c[nH]c2c(C)cccc12.I. The van der Waals surface area contributed by atoms with Crippen molar-refractivity contribution in [3.05, 3.63) is 35.5 Å². The number of rotatable bonds is 6. The Hall–Kier alpha value is -1.24. The highest BCUT2D eigenvalue weighted by Crippen LogP contribution is 2.21. The number of nitrogens with one attached hydrogen (secondary N) is 3. The summed E-state index contributed by atoms with van der Waals surface area (Å²) in [6.07, 6.45) is 3.10. The van der Waals surface area contributed by atoms with Crippen LogP contribution in [0.1, 0.15) is 31.9 Å². The first kappa shape index (κ1) is 19.8. The lowest BCUT2D eigenvalue weighted by Gasteiger charge is -2.11. The van der Waals surface area contributed by atoms with Crippen LogP contribution in [0.3, 0.4) is 0 Å². The zero-order chi connectivity index (χ0) is 15.9. The van der Waals surface area contributed by atoms with Crippen molar-refractivity contribution in [3.8, 4) is 0 Å². The fourth-order valence-corrected chi connectivity index (χ4v) is 2.50. The lowest BCUT2D eigenvalue weighted by atomic mass is 10.1. The highest BCUT2D eigenvalue weighted by Gasteiger charge is 2.05. The van der Waals surface area contributed by atoms with Crippen LogP contribution in [0.25, 0.3) is 10.9 Å². The van der Waals surface area contributed by atoms with E-state index in [0.29, 0.717) is 5.92 Å². The number of hydrogen-bond donors (Lipinski definition) is 3. The summed E-state index contributed by atoms with van der Waals surface area (Å²) in [4.78, 5) is 7.98. The minimum atomic E-state index is 0. The van der Waals surface area contributed by atoms with Gasteiger partial charge in [0.25, 0.3) is 0 Å². The molecule has 0 spiro atoms. The van der Waals surface area contributed by atoms with Crippen LogP contribution in [0, 0.1) is 12.8 Å². The van der Waals surface area contributed by atoms with Gasteiger partial charge in [0, 0.05) is 36.7 Å². The Kier molecular flexibility index (Phi) is 8.44. The quantitative estimate of drug-likeness (QED) is 0.372. The van der Waals surface area contributed by atoms with E-state index in [1.165, 1.54) is 22.0 Å². The van der Waals surface area contributed by atoms with Crippen LogP contribution in [-0.2, 0) is 6.42 Å². The van der Waals surface area contributed by atoms with Gasteiger partial charge >= 0.3 is 0 Å². The smallest absolute Gasteiger partial charge is 0.191 e. The molecule has 2 aromatic rings. The van der Waals surface area contributed by atoms with E-state index in [4.69, 9.17) is 0 Å². The highest BCUT2D eigenvalue weighted by atomic mass is 127. The van der Waals surface area contributed by atoms with E-state index in [9.17, 15) is 0 Å². The molecule has 5 heteroatoms. The van der Waals surface area contributed by atoms with Gasteiger partial charge in [-0.05, 0) is 37.3 Å². The molecule has 2 rings (SSSR count). The fraction of sp³-hybridized carbons (Fsp3) is 0.500. The van der Waals surface area contributed by atoms with E-state index in [-0.39, 0.29) is 24.0 Å². The van der Waals surface area contributed by atoms with Crippen molar-refractivity contribution in [2.24, 2.45) is 10.9 Å². The van der Waals surface area contributed by atoms with Crippen LogP contribution in [0.4, 0.5) is 0 Å². The Labute approximate surface area is 156 Å². The number of hydrogen-bond acceptors (Lipinski definition) is 1. The molecule has 0 bridgehead atoms. The monoisotopic (exact) mass is 428 g/mol. The van der Waals surface area contributed by atoms with Crippen LogP contribution < -0.4 is 10.6 Å². The summed E-state index contributed by atoms with van der Waals surface area (Å²) in [5, 5.41) is 8.04. The lowest BCUT2D eigenvalue weighted by Crippen LogP contribution is -2.38. The minimum Gasteiger partial charge on any atom is -0.361 e. The van der Waals surface area contributed by atoms with Gasteiger partial charge in [-0.2, -0.15) is 0 Å². The van der Waals surface area contributed by atoms with Gasteiger partial charge in [-0.25, -0.2) is 0 Å². The maximum Gasteiger partial charge on any atom is 0.191 e. The lowest BCUT2D eigenvalue weighted by molar-refractivity contribution is 0.656. The number of guanidine groups is 1. The third kappa shape index (κ3) is 5.71. The summed E-state index contributed by atoms with van der Waals surface area (Å²) < 4.78 is 0. The molecule has 0 atom stereocenters. The topological polar surface area (TPSA) is 52.2 Å². The van der Waals surface area contributed by atoms with Gasteiger partial charge in [-0.3, -0.25) is 4.99 Å². The molecule has 128 valence electrons. The number of fused-ring (bicyclic) bond motifs is 1. The summed E-state index contributed by atoms with van der Waals surface area (Å²) >= 11 is 0. The van der Waals surface area contributed by atoms with Crippen molar-refractivity contribution in [1.29, 1.82) is 0 Å². The Balaban J connectivity index is 0.00000264. The second kappa shape index (κ2) is 9.80. The first-order valence-corrected chi connectivity index (χ1v) is 8.19. The fourth-order valence-electron chi connectivity index (χ4n) is 2.50. The van der Waals surface area contributed by atoms with E-state index in [1.54, 1.807) is 0 Å². The zero-order valence-electron chi connectivity index (χ0n) is 14.6. The second-order valence-corrected chi connectivity index (χ2v) is 6.10. The number of nitrogens with zero attached hydrogens (tertiary/aromatic N) is 1. The number of benzene rings is 1. The first-order valence-electron chi connectivity index (χ1n) is 8.19. The number of halogens is 1. The van der Waals surface area contributed by atoms with Gasteiger partial charge in [0.05, 0.1) is 0 Å². The van der Waals surface area contributed by atoms with Gasteiger partial charge in [-0.15, -0.1) is 24.0 Å². The molecule has 0 saturated heterocycles. The molecule has 0 aliphatic rings. The number of aromatic nitrogens is 1. The molecule has 0 aliphatic carbocycles. The molecule has 4 nitrogen and oxygen atoms in total. The van der Waals surface area contributed by atoms with E-state index < -0.39 is 0 Å². The third-order valence-electron chi connectivity index (χ3n) is 3.66. The standard InChI is InChI=1S/C18H28N4.HI/c1-5-19-18(22-11-13(2)3)20-10-9-15-12-21-17-14(4)7-6-8-16(15)17;/h6-8,12-13,21H,5,9-11H2,1-4H3,(H2,19,20,22);1H. The number of aliphatic imine (C=N–C) groups is 1. The van der Waals surface area contributed by atoms with Crippen molar-refractivity contribution in [2.45, 2.75) is 34.1 Å². The van der Waals surface area contributed by atoms with Gasteiger partial charge in [0.2, 0.25) is 0 Å². The van der Waals surface area contributed by atoms with Crippen LogP contribution in [0.15, 0.2) is 29.4 Å². The largest absolute Gasteiger partial charge is 0.361 e. The third-order valence-corrected chi connectivity index (χ3v) is 3.66. The van der Waals surface area contributed by atoms with Gasteiger partial charge < -0.3 is 15.6 Å². The van der Waals surface area contributed by atoms with Crippen LogP contribution in [0.5, 0.6) is 0 Å². The summed E-state index contributed by atoms with van der Waals surface area (Å²) in [5.74, 6) is 1.49. The molecule has 0 unspecified atom stereocenters. The van der Waals surface area contributed by atoms with Crippen molar-refractivity contribution >= 4 is 40.8 Å². The molecular formula is C18H29IN4. The second-order valence-electron chi connectivity index (χ2n) is 6.10. The zero-order valence-corrected chi connectivity index (χ0v) is 16.9. The number of aromatic amines is 1. The first-order chi connectivity index (χ1) is 10.6. The number of para-hydroxylation sites is 1. The average molecular weight is 428 g/mol. The normalized spacial score (nSPS) is 11.6. The number of H-pyrrole nitrogens is 1. The maximum absolute atomic E-state index is 4.59. The number of aryl methyl sites for hydroxylation is 1. The van der Waals surface area contributed by atoms with Gasteiger partial charge in [0.15, 0.2) is 5.96 Å². The molecule has 0 amide bonds. The van der Waals surface area contributed by atoms with Crippen molar-refractivity contribution in [2.75, 3.05) is 19.6 Å². The van der Waals surface area contributed by atoms with Crippen molar-refractivity contribution in [1.82, 2.24) is 15.6 Å². The Bertz CT molecular complexity index is 631. The van der Waals surface area contributed by atoms with E-state index >= 15 is 0 Å². The van der Waals surface area contributed by atoms with Crippen LogP contribution in [-0.4, -0.2) is 30.6 Å². The molecule has 1 aromatic heterocycles. The van der Waals surface area contributed by atoms with E-state index in [0.717, 1.165) is 32.0 Å². The summed E-state index contributed by atoms with van der Waals surface area (Å²) in [6, 6.07) is 6.45. The molecule has 0 radical (unpaired) electrons. The molecule has 0 fully saturated rings. The minimum absolute atomic E-state index is 0. The van der Waals surface area contributed by atoms with Crippen LogP contribution >= 0.6 is 24.0 Å². The molecule has 0 saturated carbocycles. The van der Waals surface area contributed by atoms with Gasteiger partial charge in [-0.1, -0.05) is 32.0 Å². The molecule has 0 aliphatic heterocycles. The molecule has 23 heavy (non-hydrogen) atoms. The molecule has 3 N–H and O–H groups in total. The summed E-state index contributed by atoms with van der Waals surface area (Å²) in [7, 11) is 0.